The number of sulfonamides is 1. The van der Waals surface area contributed by atoms with Gasteiger partial charge in [-0.2, -0.15) is 4.31 Å². The van der Waals surface area contributed by atoms with Crippen molar-refractivity contribution in [1.29, 1.82) is 0 Å². The monoisotopic (exact) mass is 495 g/mol. The number of ether oxygens (including phenoxy) is 1. The van der Waals surface area contributed by atoms with E-state index >= 15 is 0 Å². The molecule has 2 atom stereocenters. The number of halogens is 2. The van der Waals surface area contributed by atoms with Crippen molar-refractivity contribution in [3.8, 4) is 0 Å². The minimum atomic E-state index is -3.96. The minimum absolute atomic E-state index is 0.0157. The molecular formula is C23H27ClFN3O4S. The van der Waals surface area contributed by atoms with Gasteiger partial charge in [-0.1, -0.05) is 17.7 Å². The molecule has 0 saturated carbocycles. The second-order valence-electron chi connectivity index (χ2n) is 8.51. The van der Waals surface area contributed by atoms with Gasteiger partial charge in [-0.15, -0.1) is 0 Å². The van der Waals surface area contributed by atoms with Crippen LogP contribution in [-0.4, -0.2) is 57.0 Å². The number of rotatable bonds is 5. The fraction of sp³-hybridized carbons (Fsp3) is 0.435. The van der Waals surface area contributed by atoms with Crippen LogP contribution in [0.4, 0.5) is 15.8 Å². The lowest BCUT2D eigenvalue weighted by atomic mass is 10.2. The zero-order valence-corrected chi connectivity index (χ0v) is 20.1. The molecular weight excluding hydrogens is 469 g/mol. The molecule has 2 aromatic carbocycles. The molecule has 2 aromatic rings. The van der Waals surface area contributed by atoms with E-state index in [0.717, 1.165) is 25.9 Å². The van der Waals surface area contributed by atoms with Crippen molar-refractivity contribution in [3.05, 3.63) is 52.8 Å². The Morgan fingerprint density at radius 2 is 1.79 bits per heavy atom. The van der Waals surface area contributed by atoms with Crippen LogP contribution in [0.25, 0.3) is 0 Å². The van der Waals surface area contributed by atoms with Crippen molar-refractivity contribution in [3.63, 3.8) is 0 Å². The maximum Gasteiger partial charge on any atom is 0.255 e. The maximum absolute atomic E-state index is 14.7. The fourth-order valence-corrected chi connectivity index (χ4v) is 6.44. The number of nitrogens with zero attached hydrogens (tertiary/aromatic N) is 2. The second-order valence-corrected chi connectivity index (χ2v) is 10.8. The van der Waals surface area contributed by atoms with Crippen molar-refractivity contribution in [2.75, 3.05) is 36.4 Å². The average Bonchev–Trinajstić information content (AvgIpc) is 3.29. The van der Waals surface area contributed by atoms with Gasteiger partial charge in [0.2, 0.25) is 10.0 Å². The number of morpholine rings is 1. The molecule has 0 aliphatic carbocycles. The number of carbonyl (C=O) groups excluding carboxylic acids is 1. The number of hydrogen-bond acceptors (Lipinski definition) is 5. The molecule has 2 heterocycles. The van der Waals surface area contributed by atoms with E-state index < -0.39 is 21.7 Å². The summed E-state index contributed by atoms with van der Waals surface area (Å²) in [5.74, 6) is -1.16. The van der Waals surface area contributed by atoms with Crippen LogP contribution in [0.2, 0.25) is 5.02 Å². The Bertz CT molecular complexity index is 1140. The van der Waals surface area contributed by atoms with Crippen molar-refractivity contribution in [2.24, 2.45) is 0 Å². The highest BCUT2D eigenvalue weighted by molar-refractivity contribution is 7.89. The van der Waals surface area contributed by atoms with Crippen molar-refractivity contribution in [1.82, 2.24) is 4.31 Å². The molecule has 33 heavy (non-hydrogen) atoms. The van der Waals surface area contributed by atoms with E-state index in [9.17, 15) is 17.6 Å². The quantitative estimate of drug-likeness (QED) is 0.674. The summed E-state index contributed by atoms with van der Waals surface area (Å²) < 4.78 is 48.2. The summed E-state index contributed by atoms with van der Waals surface area (Å²) in [4.78, 5) is 14.9. The topological polar surface area (TPSA) is 79.0 Å². The van der Waals surface area contributed by atoms with Crippen LogP contribution in [0.5, 0.6) is 0 Å². The Hall–Kier alpha value is -2.20. The first-order valence-corrected chi connectivity index (χ1v) is 12.8. The number of carbonyl (C=O) groups is 1. The van der Waals surface area contributed by atoms with Crippen LogP contribution < -0.4 is 10.2 Å². The van der Waals surface area contributed by atoms with Gasteiger partial charge in [-0.3, -0.25) is 4.79 Å². The van der Waals surface area contributed by atoms with Crippen molar-refractivity contribution in [2.45, 2.75) is 43.8 Å². The second kappa shape index (κ2) is 9.58. The molecule has 7 nitrogen and oxygen atoms in total. The lowest BCUT2D eigenvalue weighted by Gasteiger charge is -2.34. The molecule has 2 aliphatic rings. The van der Waals surface area contributed by atoms with E-state index in [-0.39, 0.29) is 46.5 Å². The molecule has 0 aromatic heterocycles. The van der Waals surface area contributed by atoms with E-state index in [1.54, 1.807) is 26.0 Å². The van der Waals surface area contributed by atoms with E-state index in [1.807, 2.05) is 4.90 Å². The molecule has 2 aliphatic heterocycles. The zero-order valence-electron chi connectivity index (χ0n) is 18.6. The summed E-state index contributed by atoms with van der Waals surface area (Å²) in [6.45, 7) is 5.55. The number of amides is 1. The van der Waals surface area contributed by atoms with Crippen LogP contribution in [0.1, 0.15) is 37.0 Å². The summed E-state index contributed by atoms with van der Waals surface area (Å²) in [5, 5.41) is 2.65. The molecule has 10 heteroatoms. The molecule has 0 radical (unpaired) electrons. The SMILES string of the molecule is CC1CN(S(=O)(=O)c2cc(C(=O)Nc3c(F)cccc3N3CCCC3)ccc2Cl)CC(C)O1. The van der Waals surface area contributed by atoms with Gasteiger partial charge in [-0.25, -0.2) is 12.8 Å². The number of nitrogens with one attached hydrogen (secondary N) is 1. The Balaban J connectivity index is 1.63. The first kappa shape index (κ1) is 23.9. The zero-order chi connectivity index (χ0) is 23.8. The largest absolute Gasteiger partial charge is 0.373 e. The van der Waals surface area contributed by atoms with Gasteiger partial charge in [0.25, 0.3) is 5.91 Å². The number of para-hydroxylation sites is 1. The van der Waals surface area contributed by atoms with Crippen LogP contribution in [-0.2, 0) is 14.8 Å². The third-order valence-electron chi connectivity index (χ3n) is 5.87. The summed E-state index contributed by atoms with van der Waals surface area (Å²) in [6.07, 6.45) is 1.47. The van der Waals surface area contributed by atoms with Gasteiger partial charge in [0.15, 0.2) is 0 Å². The standard InChI is InChI=1S/C23H27ClFN3O4S/c1-15-13-28(14-16(2)32-15)33(30,31)21-12-17(8-9-18(21)24)23(29)26-22-19(25)6-5-7-20(22)27-10-3-4-11-27/h5-9,12,15-16H,3-4,10-11,13-14H2,1-2H3,(H,26,29). The lowest BCUT2D eigenvalue weighted by Crippen LogP contribution is -2.48. The third kappa shape index (κ3) is 5.01. The summed E-state index contributed by atoms with van der Waals surface area (Å²) in [6, 6.07) is 8.71. The van der Waals surface area contributed by atoms with E-state index in [0.29, 0.717) is 5.69 Å². The predicted molar refractivity (Wildman–Crippen MR) is 126 cm³/mol. The van der Waals surface area contributed by atoms with Crippen LogP contribution in [0.15, 0.2) is 41.3 Å². The highest BCUT2D eigenvalue weighted by Crippen LogP contribution is 2.33. The van der Waals surface area contributed by atoms with Gasteiger partial charge in [0.05, 0.1) is 22.9 Å². The molecule has 2 fully saturated rings. The van der Waals surface area contributed by atoms with Gasteiger partial charge >= 0.3 is 0 Å². The molecule has 2 saturated heterocycles. The minimum Gasteiger partial charge on any atom is -0.373 e. The first-order valence-electron chi connectivity index (χ1n) is 11.0. The number of anilines is 2. The molecule has 0 spiro atoms. The number of hydrogen-bond donors (Lipinski definition) is 1. The number of benzene rings is 2. The Kier molecular flexibility index (Phi) is 6.95. The molecule has 1 amide bonds. The Morgan fingerprint density at radius 3 is 2.45 bits per heavy atom. The smallest absolute Gasteiger partial charge is 0.255 e. The van der Waals surface area contributed by atoms with Crippen LogP contribution in [0.3, 0.4) is 0 Å². The molecule has 2 unspecified atom stereocenters. The first-order chi connectivity index (χ1) is 15.7. The predicted octanol–water partition coefficient (Wildman–Crippen LogP) is 4.13. The van der Waals surface area contributed by atoms with Crippen molar-refractivity contribution < 1.29 is 22.3 Å². The Labute approximate surface area is 198 Å². The third-order valence-corrected chi connectivity index (χ3v) is 8.19. The van der Waals surface area contributed by atoms with Crippen molar-refractivity contribution >= 4 is 38.9 Å². The van der Waals surface area contributed by atoms with E-state index in [4.69, 9.17) is 16.3 Å². The molecule has 4 rings (SSSR count). The summed E-state index contributed by atoms with van der Waals surface area (Å²) >= 11 is 6.24. The van der Waals surface area contributed by atoms with Gasteiger partial charge < -0.3 is 15.0 Å². The lowest BCUT2D eigenvalue weighted by molar-refractivity contribution is -0.0440. The maximum atomic E-state index is 14.7. The Morgan fingerprint density at radius 1 is 1.12 bits per heavy atom. The molecule has 1 N–H and O–H groups in total. The summed E-state index contributed by atoms with van der Waals surface area (Å²) in [7, 11) is -3.96. The van der Waals surface area contributed by atoms with Crippen LogP contribution in [0, 0.1) is 5.82 Å². The average molecular weight is 496 g/mol. The van der Waals surface area contributed by atoms with Gasteiger partial charge in [0, 0.05) is 31.7 Å². The molecule has 178 valence electrons. The molecule has 0 bridgehead atoms. The van der Waals surface area contributed by atoms with E-state index in [2.05, 4.69) is 5.32 Å². The van der Waals surface area contributed by atoms with Gasteiger partial charge in [-0.05, 0) is 57.0 Å². The fourth-order valence-electron chi connectivity index (χ4n) is 4.35. The van der Waals surface area contributed by atoms with Gasteiger partial charge in [0.1, 0.15) is 16.4 Å². The van der Waals surface area contributed by atoms with E-state index in [1.165, 1.54) is 28.6 Å². The highest BCUT2D eigenvalue weighted by atomic mass is 35.5. The normalized spacial score (nSPS) is 21.9. The highest BCUT2D eigenvalue weighted by Gasteiger charge is 2.34. The van der Waals surface area contributed by atoms with Crippen LogP contribution >= 0.6 is 11.6 Å². The summed E-state index contributed by atoms with van der Waals surface area (Å²) in [5.41, 5.74) is 0.765.